The fourth-order valence-corrected chi connectivity index (χ4v) is 3.34. The Bertz CT molecular complexity index is 903. The summed E-state index contributed by atoms with van der Waals surface area (Å²) in [6.07, 6.45) is -2.40. The monoisotopic (exact) mass is 363 g/mol. The van der Waals surface area contributed by atoms with E-state index >= 15 is 0 Å². The topological polar surface area (TPSA) is 113 Å². The SMILES string of the molecule is CS(=O)(=O)N(C(=O)O)C1OB(O)c2cc(Oc3ccccc3)ccc21. The summed E-state index contributed by atoms with van der Waals surface area (Å²) in [6.45, 7) is 0. The molecule has 0 saturated heterocycles. The van der Waals surface area contributed by atoms with Crippen LogP contribution < -0.4 is 10.2 Å². The van der Waals surface area contributed by atoms with Crippen LogP contribution in [0.15, 0.2) is 48.5 Å². The molecule has 3 rings (SSSR count). The van der Waals surface area contributed by atoms with E-state index < -0.39 is 29.5 Å². The van der Waals surface area contributed by atoms with Gasteiger partial charge in [-0.15, -0.1) is 0 Å². The van der Waals surface area contributed by atoms with Crippen LogP contribution in [0.4, 0.5) is 4.79 Å². The molecule has 1 heterocycles. The molecule has 0 aliphatic carbocycles. The number of benzene rings is 2. The lowest BCUT2D eigenvalue weighted by molar-refractivity contribution is 0.0753. The van der Waals surface area contributed by atoms with Crippen molar-refractivity contribution < 1.29 is 32.7 Å². The van der Waals surface area contributed by atoms with Gasteiger partial charge in [0.05, 0.1) is 6.26 Å². The minimum Gasteiger partial charge on any atom is -0.464 e. The first kappa shape index (κ1) is 17.3. The van der Waals surface area contributed by atoms with Crippen LogP contribution in [0.3, 0.4) is 0 Å². The highest BCUT2D eigenvalue weighted by Gasteiger charge is 2.44. The number of amides is 1. The van der Waals surface area contributed by atoms with Crippen molar-refractivity contribution in [1.29, 1.82) is 0 Å². The minimum absolute atomic E-state index is 0.166. The summed E-state index contributed by atoms with van der Waals surface area (Å²) in [5, 5.41) is 19.2. The van der Waals surface area contributed by atoms with E-state index in [-0.39, 0.29) is 15.3 Å². The van der Waals surface area contributed by atoms with Crippen molar-refractivity contribution in [2.75, 3.05) is 6.26 Å². The smallest absolute Gasteiger partial charge is 0.464 e. The summed E-state index contributed by atoms with van der Waals surface area (Å²) >= 11 is 0. The molecule has 8 nitrogen and oxygen atoms in total. The average Bonchev–Trinajstić information content (AvgIpc) is 2.83. The van der Waals surface area contributed by atoms with Crippen molar-refractivity contribution in [3.05, 3.63) is 54.1 Å². The molecular formula is C15H14BNO7S. The van der Waals surface area contributed by atoms with E-state index in [9.17, 15) is 23.3 Å². The first-order valence-corrected chi connectivity index (χ1v) is 9.05. The number of para-hydroxylation sites is 1. The van der Waals surface area contributed by atoms with Crippen LogP contribution in [0, 0.1) is 0 Å². The molecule has 25 heavy (non-hydrogen) atoms. The maximum absolute atomic E-state index is 11.7. The molecule has 2 aromatic carbocycles. The van der Waals surface area contributed by atoms with Gasteiger partial charge in [-0.3, -0.25) is 0 Å². The standard InChI is InChI=1S/C15H14BNO7S/c1-25(21,22)17(15(18)19)14-12-8-7-11(9-13(12)16(20)24-14)23-10-5-3-2-4-6-10/h2-9,14,20H,1H3,(H,18,19). The van der Waals surface area contributed by atoms with E-state index in [0.717, 1.165) is 6.26 Å². The maximum atomic E-state index is 11.7. The van der Waals surface area contributed by atoms with Gasteiger partial charge in [-0.25, -0.2) is 13.2 Å². The lowest BCUT2D eigenvalue weighted by Gasteiger charge is -2.24. The molecule has 1 atom stereocenters. The molecular weight excluding hydrogens is 349 g/mol. The Morgan fingerprint density at radius 3 is 2.48 bits per heavy atom. The van der Waals surface area contributed by atoms with Crippen LogP contribution in [-0.4, -0.2) is 42.3 Å². The van der Waals surface area contributed by atoms with Gasteiger partial charge >= 0.3 is 13.2 Å². The fourth-order valence-electron chi connectivity index (χ4n) is 2.55. The Hall–Kier alpha value is -2.56. The van der Waals surface area contributed by atoms with Crippen molar-refractivity contribution >= 4 is 28.7 Å². The Balaban J connectivity index is 1.95. The van der Waals surface area contributed by atoms with Crippen LogP contribution in [0.2, 0.25) is 0 Å². The minimum atomic E-state index is -4.11. The summed E-state index contributed by atoms with van der Waals surface area (Å²) in [6, 6.07) is 13.4. The van der Waals surface area contributed by atoms with Crippen molar-refractivity contribution in [1.82, 2.24) is 4.31 Å². The van der Waals surface area contributed by atoms with Crippen molar-refractivity contribution in [2.45, 2.75) is 6.23 Å². The third-order valence-electron chi connectivity index (χ3n) is 3.59. The molecule has 1 aliphatic rings. The summed E-state index contributed by atoms with van der Waals surface area (Å²) in [4.78, 5) is 11.3. The lowest BCUT2D eigenvalue weighted by Crippen LogP contribution is -2.39. The van der Waals surface area contributed by atoms with E-state index in [1.165, 1.54) is 12.1 Å². The molecule has 0 aromatic heterocycles. The van der Waals surface area contributed by atoms with Crippen molar-refractivity contribution in [2.24, 2.45) is 0 Å². The number of carboxylic acid groups (broad SMARTS) is 1. The van der Waals surface area contributed by atoms with Crippen LogP contribution in [0.25, 0.3) is 0 Å². The molecule has 0 radical (unpaired) electrons. The maximum Gasteiger partial charge on any atom is 0.493 e. The zero-order valence-corrected chi connectivity index (χ0v) is 13.9. The number of carbonyl (C=O) groups is 1. The van der Waals surface area contributed by atoms with E-state index in [0.29, 0.717) is 11.5 Å². The summed E-state index contributed by atoms with van der Waals surface area (Å²) in [5.74, 6) is 0.977. The summed E-state index contributed by atoms with van der Waals surface area (Å²) in [7, 11) is -5.58. The van der Waals surface area contributed by atoms with E-state index in [4.69, 9.17) is 9.39 Å². The van der Waals surface area contributed by atoms with Gasteiger partial charge in [0.15, 0.2) is 6.23 Å². The lowest BCUT2D eigenvalue weighted by atomic mass is 9.79. The molecule has 1 unspecified atom stereocenters. The third kappa shape index (κ3) is 3.45. The van der Waals surface area contributed by atoms with Gasteiger partial charge in [-0.1, -0.05) is 24.3 Å². The van der Waals surface area contributed by atoms with E-state index in [2.05, 4.69) is 0 Å². The number of fused-ring (bicyclic) bond motifs is 1. The van der Waals surface area contributed by atoms with Crippen LogP contribution in [-0.2, 0) is 14.7 Å². The summed E-state index contributed by atoms with van der Waals surface area (Å²) < 4.78 is 34.5. The van der Waals surface area contributed by atoms with Gasteiger partial charge in [0.1, 0.15) is 11.5 Å². The Kier molecular flexibility index (Phi) is 4.42. The van der Waals surface area contributed by atoms with Crippen molar-refractivity contribution in [3.8, 4) is 11.5 Å². The number of nitrogens with zero attached hydrogens (tertiary/aromatic N) is 1. The zero-order chi connectivity index (χ0) is 18.2. The first-order valence-electron chi connectivity index (χ1n) is 7.20. The molecule has 10 heteroatoms. The second-order valence-electron chi connectivity index (χ2n) is 5.39. The number of hydrogen-bond acceptors (Lipinski definition) is 6. The second-order valence-corrected chi connectivity index (χ2v) is 7.25. The number of ether oxygens (including phenoxy) is 1. The number of hydrogen-bond donors (Lipinski definition) is 2. The molecule has 0 bridgehead atoms. The predicted octanol–water partition coefficient (Wildman–Crippen LogP) is 1.13. The number of rotatable bonds is 4. The highest BCUT2D eigenvalue weighted by Crippen LogP contribution is 2.32. The van der Waals surface area contributed by atoms with E-state index in [1.54, 1.807) is 30.3 Å². The van der Waals surface area contributed by atoms with Gasteiger partial charge in [0, 0.05) is 5.56 Å². The van der Waals surface area contributed by atoms with Crippen LogP contribution in [0.5, 0.6) is 11.5 Å². The summed E-state index contributed by atoms with van der Waals surface area (Å²) in [5.41, 5.74) is 0.481. The Morgan fingerprint density at radius 2 is 1.88 bits per heavy atom. The largest absolute Gasteiger partial charge is 0.493 e. The number of sulfonamides is 1. The zero-order valence-electron chi connectivity index (χ0n) is 13.1. The molecule has 0 spiro atoms. The van der Waals surface area contributed by atoms with Gasteiger partial charge in [0.2, 0.25) is 10.0 Å². The van der Waals surface area contributed by atoms with E-state index in [1.807, 2.05) is 6.07 Å². The van der Waals surface area contributed by atoms with Gasteiger partial charge in [-0.05, 0) is 29.7 Å². The molecule has 2 N–H and O–H groups in total. The van der Waals surface area contributed by atoms with Crippen molar-refractivity contribution in [3.63, 3.8) is 0 Å². The van der Waals surface area contributed by atoms with Crippen LogP contribution in [0.1, 0.15) is 11.8 Å². The Labute approximate surface area is 144 Å². The highest BCUT2D eigenvalue weighted by molar-refractivity contribution is 7.88. The molecule has 1 aliphatic heterocycles. The van der Waals surface area contributed by atoms with Gasteiger partial charge < -0.3 is 19.5 Å². The molecule has 0 saturated carbocycles. The third-order valence-corrected chi connectivity index (χ3v) is 4.65. The second kappa shape index (κ2) is 6.39. The quantitative estimate of drug-likeness (QED) is 0.783. The Morgan fingerprint density at radius 1 is 1.20 bits per heavy atom. The molecule has 1 amide bonds. The average molecular weight is 363 g/mol. The molecule has 2 aromatic rings. The van der Waals surface area contributed by atoms with Crippen LogP contribution >= 0.6 is 0 Å². The normalized spacial score (nSPS) is 16.4. The van der Waals surface area contributed by atoms with Gasteiger partial charge in [0.25, 0.3) is 0 Å². The molecule has 0 fully saturated rings. The first-order chi connectivity index (χ1) is 11.8. The highest BCUT2D eigenvalue weighted by atomic mass is 32.2. The predicted molar refractivity (Wildman–Crippen MR) is 89.1 cm³/mol. The fraction of sp³-hybridized carbons (Fsp3) is 0.133. The van der Waals surface area contributed by atoms with Gasteiger partial charge in [-0.2, -0.15) is 4.31 Å². The molecule has 130 valence electrons.